The van der Waals surface area contributed by atoms with Crippen LogP contribution >= 0.6 is 0 Å². The number of ether oxygens (including phenoxy) is 1. The second kappa shape index (κ2) is 13.3. The van der Waals surface area contributed by atoms with Gasteiger partial charge in [0.1, 0.15) is 34.6 Å². The minimum atomic E-state index is -4.47. The van der Waals surface area contributed by atoms with Crippen molar-refractivity contribution in [2.24, 2.45) is 0 Å². The average Bonchev–Trinajstić information content (AvgIpc) is 3.01. The quantitative estimate of drug-likeness (QED) is 0.116. The number of benzene rings is 5. The number of aryl methyl sites for hydroxylation is 1. The molecule has 0 bridgehead atoms. The van der Waals surface area contributed by atoms with E-state index in [9.17, 15) is 13.2 Å². The van der Waals surface area contributed by atoms with Gasteiger partial charge in [-0.25, -0.2) is 17.6 Å². The highest BCUT2D eigenvalue weighted by Crippen LogP contribution is 2.38. The molecule has 0 aliphatic carbocycles. The molecular weight excluding hydrogens is 588 g/mol. The van der Waals surface area contributed by atoms with Crippen LogP contribution in [0.2, 0.25) is 0 Å². The SMILES string of the molecule is CCCCCc1ccc(-c2cc(F)c(C(F)(F)Oc3ccc(-c4ccc(-c5ccc(C#N)cc5)c(F)c4)c(F)c3)c(F)c2)cc1. The van der Waals surface area contributed by atoms with Crippen molar-refractivity contribution in [2.75, 3.05) is 0 Å². The first kappa shape index (κ1) is 31.4. The Balaban J connectivity index is 1.34. The van der Waals surface area contributed by atoms with Crippen molar-refractivity contribution in [3.05, 3.63) is 137 Å². The summed E-state index contributed by atoms with van der Waals surface area (Å²) in [5.41, 5.74) is 1.16. The second-order valence-electron chi connectivity index (χ2n) is 10.6. The highest BCUT2D eigenvalue weighted by molar-refractivity contribution is 5.72. The predicted octanol–water partition coefficient (Wildman–Crippen LogP) is 11.0. The summed E-state index contributed by atoms with van der Waals surface area (Å²) in [5, 5.41) is 8.94. The van der Waals surface area contributed by atoms with Crippen molar-refractivity contribution in [3.63, 3.8) is 0 Å². The number of rotatable bonds is 10. The Labute approximate surface area is 257 Å². The Morgan fingerprint density at radius 2 is 1.18 bits per heavy atom. The fourth-order valence-corrected chi connectivity index (χ4v) is 5.09. The summed E-state index contributed by atoms with van der Waals surface area (Å²) in [7, 11) is 0. The van der Waals surface area contributed by atoms with Crippen LogP contribution in [0.25, 0.3) is 33.4 Å². The Bertz CT molecular complexity index is 1840. The molecule has 0 unspecified atom stereocenters. The Hall–Kier alpha value is -5.03. The molecular formula is C37H27F6NO. The average molecular weight is 616 g/mol. The van der Waals surface area contributed by atoms with Crippen molar-refractivity contribution >= 4 is 0 Å². The molecule has 0 aliphatic rings. The van der Waals surface area contributed by atoms with Gasteiger partial charge < -0.3 is 4.74 Å². The first-order chi connectivity index (χ1) is 21.6. The van der Waals surface area contributed by atoms with Gasteiger partial charge in [0.2, 0.25) is 0 Å². The van der Waals surface area contributed by atoms with Crippen LogP contribution in [-0.4, -0.2) is 0 Å². The lowest BCUT2D eigenvalue weighted by Crippen LogP contribution is -2.25. The standard InChI is InChI=1S/C37H27F6NO/c1-2-3-4-5-23-6-10-25(11-7-23)28-19-34(40)36(35(41)20-28)37(42,43)45-29-15-17-31(33(39)21-29)27-14-16-30(32(38)18-27)26-12-8-24(22-44)9-13-26/h6-21H,2-5H2,1H3. The molecule has 2 nitrogen and oxygen atoms in total. The van der Waals surface area contributed by atoms with Crippen LogP contribution in [0.4, 0.5) is 26.3 Å². The van der Waals surface area contributed by atoms with E-state index in [1.165, 1.54) is 24.3 Å². The predicted molar refractivity (Wildman–Crippen MR) is 161 cm³/mol. The number of hydrogen-bond acceptors (Lipinski definition) is 2. The molecule has 5 aromatic carbocycles. The largest absolute Gasteiger partial charge is 0.432 e. The van der Waals surface area contributed by atoms with E-state index >= 15 is 13.2 Å². The maximum atomic E-state index is 15.1. The van der Waals surface area contributed by atoms with E-state index in [1.54, 1.807) is 24.3 Å². The fourth-order valence-electron chi connectivity index (χ4n) is 5.09. The molecule has 0 fully saturated rings. The summed E-state index contributed by atoms with van der Waals surface area (Å²) in [4.78, 5) is 0. The Kier molecular flexibility index (Phi) is 9.29. The highest BCUT2D eigenvalue weighted by atomic mass is 19.3. The van der Waals surface area contributed by atoms with E-state index in [4.69, 9.17) is 5.26 Å². The van der Waals surface area contributed by atoms with Gasteiger partial charge in [0.25, 0.3) is 0 Å². The van der Waals surface area contributed by atoms with Crippen LogP contribution in [0.15, 0.2) is 97.1 Å². The Morgan fingerprint density at radius 3 is 1.78 bits per heavy atom. The summed E-state index contributed by atoms with van der Waals surface area (Å²) in [6, 6.07) is 23.6. The monoisotopic (exact) mass is 615 g/mol. The number of nitriles is 1. The molecule has 0 N–H and O–H groups in total. The summed E-state index contributed by atoms with van der Waals surface area (Å²) < 4.78 is 94.6. The number of halogens is 6. The lowest BCUT2D eigenvalue weighted by Gasteiger charge is -2.20. The van der Waals surface area contributed by atoms with Gasteiger partial charge in [-0.2, -0.15) is 14.0 Å². The molecule has 0 amide bonds. The summed E-state index contributed by atoms with van der Waals surface area (Å²) >= 11 is 0. The topological polar surface area (TPSA) is 33.0 Å². The van der Waals surface area contributed by atoms with Gasteiger partial charge in [0.15, 0.2) is 0 Å². The van der Waals surface area contributed by atoms with Gasteiger partial charge in [0, 0.05) is 17.2 Å². The molecule has 8 heteroatoms. The molecule has 45 heavy (non-hydrogen) atoms. The van der Waals surface area contributed by atoms with E-state index < -0.39 is 40.7 Å². The van der Waals surface area contributed by atoms with E-state index in [0.717, 1.165) is 61.6 Å². The number of nitrogens with zero attached hydrogens (tertiary/aromatic N) is 1. The maximum Gasteiger partial charge on any atom is 0.432 e. The minimum Gasteiger partial charge on any atom is -0.429 e. The van der Waals surface area contributed by atoms with E-state index in [1.807, 2.05) is 18.2 Å². The zero-order chi connectivity index (χ0) is 32.1. The lowest BCUT2D eigenvalue weighted by atomic mass is 9.98. The summed E-state index contributed by atoms with van der Waals surface area (Å²) in [6.07, 6.45) is -0.427. The lowest BCUT2D eigenvalue weighted by molar-refractivity contribution is -0.189. The molecule has 228 valence electrons. The van der Waals surface area contributed by atoms with Gasteiger partial charge in [0.05, 0.1) is 11.6 Å². The third-order valence-electron chi connectivity index (χ3n) is 7.48. The van der Waals surface area contributed by atoms with Crippen molar-refractivity contribution in [3.8, 4) is 45.2 Å². The summed E-state index contributed by atoms with van der Waals surface area (Å²) in [6.45, 7) is 2.10. The third kappa shape index (κ3) is 7.04. The van der Waals surface area contributed by atoms with Crippen LogP contribution in [0.5, 0.6) is 5.75 Å². The zero-order valence-electron chi connectivity index (χ0n) is 24.2. The minimum absolute atomic E-state index is 0.0810. The van der Waals surface area contributed by atoms with E-state index in [0.29, 0.717) is 22.8 Å². The first-order valence-corrected chi connectivity index (χ1v) is 14.3. The van der Waals surface area contributed by atoms with Crippen molar-refractivity contribution in [2.45, 2.75) is 38.7 Å². The van der Waals surface area contributed by atoms with Crippen LogP contribution < -0.4 is 4.74 Å². The molecule has 0 saturated carbocycles. The van der Waals surface area contributed by atoms with Crippen LogP contribution in [0, 0.1) is 34.6 Å². The first-order valence-electron chi connectivity index (χ1n) is 14.3. The van der Waals surface area contributed by atoms with Gasteiger partial charge in [-0.3, -0.25) is 0 Å². The molecule has 5 rings (SSSR count). The number of hydrogen-bond donors (Lipinski definition) is 0. The number of unbranched alkanes of at least 4 members (excludes halogenated alkanes) is 2. The van der Waals surface area contributed by atoms with Gasteiger partial charge in [-0.05, 0) is 83.1 Å². The molecule has 0 atom stereocenters. The van der Waals surface area contributed by atoms with Crippen molar-refractivity contribution < 1.29 is 31.1 Å². The van der Waals surface area contributed by atoms with E-state index in [-0.39, 0.29) is 22.3 Å². The van der Waals surface area contributed by atoms with Crippen molar-refractivity contribution in [1.82, 2.24) is 0 Å². The summed E-state index contributed by atoms with van der Waals surface area (Å²) in [5.74, 6) is -5.39. The van der Waals surface area contributed by atoms with Crippen molar-refractivity contribution in [1.29, 1.82) is 5.26 Å². The van der Waals surface area contributed by atoms with Crippen LogP contribution in [0.1, 0.15) is 42.9 Å². The van der Waals surface area contributed by atoms with Gasteiger partial charge >= 0.3 is 6.11 Å². The molecule has 0 radical (unpaired) electrons. The molecule has 0 heterocycles. The van der Waals surface area contributed by atoms with E-state index in [2.05, 4.69) is 11.7 Å². The van der Waals surface area contributed by atoms with Gasteiger partial charge in [-0.15, -0.1) is 0 Å². The maximum absolute atomic E-state index is 15.1. The van der Waals surface area contributed by atoms with Crippen LogP contribution in [-0.2, 0) is 12.5 Å². The molecule has 0 saturated heterocycles. The zero-order valence-corrected chi connectivity index (χ0v) is 24.2. The second-order valence-corrected chi connectivity index (χ2v) is 10.6. The molecule has 5 aromatic rings. The molecule has 0 aliphatic heterocycles. The molecule has 0 aromatic heterocycles. The third-order valence-corrected chi connectivity index (χ3v) is 7.48. The normalized spacial score (nSPS) is 11.3. The molecule has 0 spiro atoms. The number of alkyl halides is 2. The Morgan fingerprint density at radius 1 is 0.622 bits per heavy atom. The fraction of sp³-hybridized carbons (Fsp3) is 0.162. The van der Waals surface area contributed by atoms with Gasteiger partial charge in [-0.1, -0.05) is 68.3 Å². The van der Waals surface area contributed by atoms with Crippen LogP contribution in [0.3, 0.4) is 0 Å². The smallest absolute Gasteiger partial charge is 0.429 e. The highest BCUT2D eigenvalue weighted by Gasteiger charge is 2.41.